The second-order valence-electron chi connectivity index (χ2n) is 8.57. The van der Waals surface area contributed by atoms with Crippen molar-refractivity contribution in [3.63, 3.8) is 0 Å². The quantitative estimate of drug-likeness (QED) is 0.638. The summed E-state index contributed by atoms with van der Waals surface area (Å²) >= 11 is 0. The third-order valence-electron chi connectivity index (χ3n) is 6.39. The van der Waals surface area contributed by atoms with Crippen molar-refractivity contribution in [3.8, 4) is 0 Å². The summed E-state index contributed by atoms with van der Waals surface area (Å²) < 4.78 is 5.93. The third kappa shape index (κ3) is 3.80. The summed E-state index contributed by atoms with van der Waals surface area (Å²) in [6.07, 6.45) is 6.92. The normalized spacial score (nSPS) is 18.4. The number of nitrogens with zero attached hydrogens (tertiary/aromatic N) is 3. The van der Waals surface area contributed by atoms with Crippen molar-refractivity contribution in [2.75, 3.05) is 18.9 Å². The average molecular weight is 431 g/mol. The number of hydrogen-bond acceptors (Lipinski definition) is 5. The van der Waals surface area contributed by atoms with Gasteiger partial charge >= 0.3 is 0 Å². The molecule has 7 nitrogen and oxygen atoms in total. The van der Waals surface area contributed by atoms with Crippen molar-refractivity contribution in [2.24, 2.45) is 0 Å². The number of carbonyl (C=O) groups is 2. The molecule has 2 aliphatic heterocycles. The fourth-order valence-electron chi connectivity index (χ4n) is 4.55. The molecule has 5 rings (SSSR count). The van der Waals surface area contributed by atoms with E-state index < -0.39 is 0 Å². The van der Waals surface area contributed by atoms with Crippen molar-refractivity contribution < 1.29 is 14.0 Å². The second-order valence-corrected chi connectivity index (χ2v) is 8.57. The molecule has 2 aliphatic rings. The van der Waals surface area contributed by atoms with E-state index in [0.717, 1.165) is 52.8 Å². The number of likely N-dealkylation sites (N-methyl/N-ethyl adjacent to an activating group) is 1. The highest BCUT2D eigenvalue weighted by molar-refractivity contribution is 5.96. The average Bonchev–Trinajstić information content (AvgIpc) is 3.35. The van der Waals surface area contributed by atoms with E-state index >= 15 is 0 Å². The van der Waals surface area contributed by atoms with E-state index in [0.29, 0.717) is 18.9 Å². The minimum Gasteiger partial charge on any atom is -0.459 e. The van der Waals surface area contributed by atoms with Gasteiger partial charge in [-0.25, -0.2) is 4.98 Å². The summed E-state index contributed by atoms with van der Waals surface area (Å²) in [5.74, 6) is 1.31. The zero-order chi connectivity index (χ0) is 22.2. The summed E-state index contributed by atoms with van der Waals surface area (Å²) in [5.41, 5.74) is 3.70. The number of para-hydroxylation sites is 1. The topological polar surface area (TPSA) is 78.7 Å². The van der Waals surface area contributed by atoms with Crippen molar-refractivity contribution in [1.82, 2.24) is 14.8 Å². The number of amides is 2. The molecule has 1 aromatic carbocycles. The molecule has 4 heterocycles. The number of furan rings is 1. The summed E-state index contributed by atoms with van der Waals surface area (Å²) in [6.45, 7) is 4.02. The lowest BCUT2D eigenvalue weighted by Crippen LogP contribution is -2.36. The molecule has 164 valence electrons. The monoisotopic (exact) mass is 430 g/mol. The number of aromatic nitrogens is 1. The molecule has 0 saturated carbocycles. The Morgan fingerprint density at radius 1 is 1.38 bits per heavy atom. The first kappa shape index (κ1) is 20.5. The Kier molecular flexibility index (Phi) is 5.27. The lowest BCUT2D eigenvalue weighted by molar-refractivity contribution is -0.125. The number of aryl methyl sites for hydroxylation is 1. The van der Waals surface area contributed by atoms with Crippen LogP contribution in [0.5, 0.6) is 0 Å². The standard InChI is InChI=1S/C25H26N4O3/c1-16-19-6-3-4-8-21(19)32-22(16)15-28(2)23(30)10-9-17-12-18-14-29-11-5-7-20(29)25(31)27-24(18)26-13-17/h3-4,6,8-10,12-13,20H,5,7,11,14-15H2,1-2H3,(H,26,27,31)/b10-9+. The Morgan fingerprint density at radius 3 is 3.06 bits per heavy atom. The van der Waals surface area contributed by atoms with Gasteiger partial charge in [0.25, 0.3) is 0 Å². The molecule has 1 atom stereocenters. The Morgan fingerprint density at radius 2 is 2.22 bits per heavy atom. The van der Waals surface area contributed by atoms with E-state index in [-0.39, 0.29) is 17.9 Å². The fraction of sp³-hybridized carbons (Fsp3) is 0.320. The summed E-state index contributed by atoms with van der Waals surface area (Å²) in [6, 6.07) is 9.81. The molecule has 0 radical (unpaired) electrons. The maximum atomic E-state index is 12.7. The molecule has 0 aliphatic carbocycles. The largest absolute Gasteiger partial charge is 0.459 e. The molecule has 3 aromatic rings. The first-order valence-corrected chi connectivity index (χ1v) is 10.9. The van der Waals surface area contributed by atoms with Crippen LogP contribution in [-0.2, 0) is 22.7 Å². The molecule has 0 bridgehead atoms. The molecule has 2 aromatic heterocycles. The maximum absolute atomic E-state index is 12.7. The molecular weight excluding hydrogens is 404 g/mol. The molecular formula is C25H26N4O3. The van der Waals surface area contributed by atoms with E-state index in [9.17, 15) is 9.59 Å². The van der Waals surface area contributed by atoms with Crippen molar-refractivity contribution in [2.45, 2.75) is 38.9 Å². The first-order valence-electron chi connectivity index (χ1n) is 10.9. The van der Waals surface area contributed by atoms with E-state index in [1.54, 1.807) is 30.3 Å². The highest BCUT2D eigenvalue weighted by Gasteiger charge is 2.34. The lowest BCUT2D eigenvalue weighted by atomic mass is 10.1. The smallest absolute Gasteiger partial charge is 0.246 e. The van der Waals surface area contributed by atoms with E-state index in [1.807, 2.05) is 37.3 Å². The Bertz CT molecular complexity index is 1230. The summed E-state index contributed by atoms with van der Waals surface area (Å²) in [5, 5.41) is 4.02. The minimum absolute atomic E-state index is 0.0229. The number of hydrogen-bond donors (Lipinski definition) is 1. The van der Waals surface area contributed by atoms with Gasteiger partial charge in [0.1, 0.15) is 17.2 Å². The number of carbonyl (C=O) groups excluding carboxylic acids is 2. The highest BCUT2D eigenvalue weighted by atomic mass is 16.3. The molecule has 0 spiro atoms. The van der Waals surface area contributed by atoms with Crippen LogP contribution in [0.2, 0.25) is 0 Å². The molecule has 1 N–H and O–H groups in total. The Hall–Kier alpha value is -3.45. The van der Waals surface area contributed by atoms with Crippen LogP contribution in [0.3, 0.4) is 0 Å². The molecule has 32 heavy (non-hydrogen) atoms. The van der Waals surface area contributed by atoms with Gasteiger partial charge in [-0.3, -0.25) is 14.5 Å². The first-order chi connectivity index (χ1) is 15.5. The molecule has 1 unspecified atom stereocenters. The number of pyridine rings is 1. The van der Waals surface area contributed by atoms with Gasteiger partial charge in [-0.2, -0.15) is 0 Å². The zero-order valence-corrected chi connectivity index (χ0v) is 18.3. The van der Waals surface area contributed by atoms with Gasteiger partial charge in [0.15, 0.2) is 0 Å². The number of nitrogens with one attached hydrogen (secondary N) is 1. The van der Waals surface area contributed by atoms with Gasteiger partial charge in [-0.15, -0.1) is 0 Å². The van der Waals surface area contributed by atoms with Gasteiger partial charge < -0.3 is 14.6 Å². The van der Waals surface area contributed by atoms with E-state index in [4.69, 9.17) is 4.42 Å². The van der Waals surface area contributed by atoms with Crippen LogP contribution in [0.15, 0.2) is 47.0 Å². The number of fused-ring (bicyclic) bond motifs is 3. The van der Waals surface area contributed by atoms with Crippen LogP contribution in [0.1, 0.15) is 35.3 Å². The number of rotatable bonds is 4. The zero-order valence-electron chi connectivity index (χ0n) is 18.3. The Labute approximate surface area is 186 Å². The van der Waals surface area contributed by atoms with Gasteiger partial charge in [0.2, 0.25) is 11.8 Å². The van der Waals surface area contributed by atoms with Gasteiger partial charge in [-0.1, -0.05) is 18.2 Å². The van der Waals surface area contributed by atoms with Gasteiger partial charge in [0.05, 0.1) is 12.6 Å². The van der Waals surface area contributed by atoms with Crippen LogP contribution >= 0.6 is 0 Å². The third-order valence-corrected chi connectivity index (χ3v) is 6.39. The summed E-state index contributed by atoms with van der Waals surface area (Å²) in [7, 11) is 1.76. The van der Waals surface area contributed by atoms with Crippen LogP contribution < -0.4 is 5.32 Å². The number of anilines is 1. The fourth-order valence-corrected chi connectivity index (χ4v) is 4.55. The predicted octanol–water partition coefficient (Wildman–Crippen LogP) is 3.72. The van der Waals surface area contributed by atoms with Crippen LogP contribution in [0.25, 0.3) is 17.0 Å². The van der Waals surface area contributed by atoms with E-state index in [1.165, 1.54) is 0 Å². The molecule has 1 fully saturated rings. The van der Waals surface area contributed by atoms with Crippen molar-refractivity contribution in [1.29, 1.82) is 0 Å². The highest BCUT2D eigenvalue weighted by Crippen LogP contribution is 2.28. The second kappa shape index (κ2) is 8.24. The Balaban J connectivity index is 1.29. The van der Waals surface area contributed by atoms with Crippen molar-refractivity contribution >= 4 is 34.7 Å². The lowest BCUT2D eigenvalue weighted by Gasteiger charge is -2.19. The SMILES string of the molecule is Cc1c(CN(C)C(=O)/C=C/c2cnc3c(c2)CN2CCCC2C(=O)N3)oc2ccccc12. The van der Waals surface area contributed by atoms with E-state index in [2.05, 4.69) is 15.2 Å². The number of benzene rings is 1. The molecule has 2 amide bonds. The summed E-state index contributed by atoms with van der Waals surface area (Å²) in [4.78, 5) is 33.4. The predicted molar refractivity (Wildman–Crippen MR) is 123 cm³/mol. The van der Waals surface area contributed by atoms with Crippen LogP contribution in [0, 0.1) is 6.92 Å². The van der Waals surface area contributed by atoms with Gasteiger partial charge in [0, 0.05) is 42.4 Å². The van der Waals surface area contributed by atoms with Gasteiger partial charge in [-0.05, 0) is 50.1 Å². The molecule has 7 heteroatoms. The van der Waals surface area contributed by atoms with Crippen molar-refractivity contribution in [3.05, 3.63) is 65.1 Å². The molecule has 1 saturated heterocycles. The minimum atomic E-state index is -0.118. The van der Waals surface area contributed by atoms with Crippen LogP contribution in [-0.4, -0.2) is 46.2 Å². The van der Waals surface area contributed by atoms with Crippen LogP contribution in [0.4, 0.5) is 5.82 Å². The maximum Gasteiger partial charge on any atom is 0.246 e.